The summed E-state index contributed by atoms with van der Waals surface area (Å²) in [5, 5.41) is 6.85. The average molecular weight is 471 g/mol. The molecule has 2 aromatic carbocycles. The molecule has 0 atom stereocenters. The topological polar surface area (TPSA) is 73.8 Å². The molecule has 0 saturated carbocycles. The lowest BCUT2D eigenvalue weighted by atomic mass is 10.2. The van der Waals surface area contributed by atoms with Gasteiger partial charge in [-0.1, -0.05) is 40.7 Å². The zero-order valence-corrected chi connectivity index (χ0v) is 18.0. The molecule has 6 nitrogen and oxygen atoms in total. The molecule has 0 fully saturated rings. The van der Waals surface area contributed by atoms with Gasteiger partial charge in [0.05, 0.1) is 17.0 Å². The minimum Gasteiger partial charge on any atom is -0.338 e. The molecule has 154 valence electrons. The summed E-state index contributed by atoms with van der Waals surface area (Å²) in [7, 11) is 0. The third kappa shape index (κ3) is 3.99. The summed E-state index contributed by atoms with van der Waals surface area (Å²) in [4.78, 5) is 22.1. The molecule has 0 aliphatic carbocycles. The van der Waals surface area contributed by atoms with Crippen LogP contribution >= 0.6 is 34.7 Å². The van der Waals surface area contributed by atoms with E-state index in [1.165, 1.54) is 39.8 Å². The van der Waals surface area contributed by atoms with Crippen molar-refractivity contribution in [2.75, 3.05) is 0 Å². The lowest BCUT2D eigenvalue weighted by molar-refractivity contribution is 0.391. The van der Waals surface area contributed by atoms with Crippen LogP contribution < -0.4 is 5.56 Å². The molecule has 3 heterocycles. The Labute approximate surface area is 188 Å². The summed E-state index contributed by atoms with van der Waals surface area (Å²) in [6.07, 6.45) is 0. The van der Waals surface area contributed by atoms with Crippen LogP contribution in [-0.2, 0) is 5.75 Å². The first-order valence-electron chi connectivity index (χ1n) is 9.06. The van der Waals surface area contributed by atoms with Crippen molar-refractivity contribution in [1.29, 1.82) is 0 Å². The van der Waals surface area contributed by atoms with Crippen molar-refractivity contribution in [3.05, 3.63) is 87.1 Å². The van der Waals surface area contributed by atoms with Crippen LogP contribution in [0.5, 0.6) is 0 Å². The first kappa shape index (κ1) is 19.9. The molecule has 0 aliphatic rings. The maximum atomic E-state index is 13.4. The minimum absolute atomic E-state index is 0.209. The van der Waals surface area contributed by atoms with Crippen molar-refractivity contribution in [3.8, 4) is 17.1 Å². The number of thioether (sulfide) groups is 1. The molecule has 5 aromatic rings. The highest BCUT2D eigenvalue weighted by molar-refractivity contribution is 7.98. The molecule has 31 heavy (non-hydrogen) atoms. The summed E-state index contributed by atoms with van der Waals surface area (Å²) < 4.78 is 20.8. The molecule has 0 aliphatic heterocycles. The Bertz CT molecular complexity index is 1450. The number of hydrogen-bond acceptors (Lipinski definition) is 7. The van der Waals surface area contributed by atoms with Gasteiger partial charge in [-0.25, -0.2) is 9.37 Å². The number of fused-ring (bicyclic) bond motifs is 1. The summed E-state index contributed by atoms with van der Waals surface area (Å²) in [5.74, 6) is 0.729. The third-order valence-electron chi connectivity index (χ3n) is 4.41. The monoisotopic (exact) mass is 470 g/mol. The molecule has 0 N–H and O–H groups in total. The fourth-order valence-electron chi connectivity index (χ4n) is 2.99. The van der Waals surface area contributed by atoms with Crippen molar-refractivity contribution in [1.82, 2.24) is 19.7 Å². The molecule has 0 radical (unpaired) electrons. The van der Waals surface area contributed by atoms with Crippen LogP contribution in [-0.4, -0.2) is 19.7 Å². The van der Waals surface area contributed by atoms with Crippen LogP contribution in [0.25, 0.3) is 27.3 Å². The van der Waals surface area contributed by atoms with Crippen LogP contribution in [0.3, 0.4) is 0 Å². The van der Waals surface area contributed by atoms with Crippen LogP contribution in [0.15, 0.2) is 74.5 Å². The number of nitrogens with zero attached hydrogens (tertiary/aromatic N) is 4. The van der Waals surface area contributed by atoms with E-state index in [1.807, 2.05) is 17.5 Å². The minimum atomic E-state index is -0.379. The summed E-state index contributed by atoms with van der Waals surface area (Å²) in [6, 6.07) is 14.7. The molecule has 0 unspecified atom stereocenters. The largest absolute Gasteiger partial charge is 0.338 e. The molecule has 3 aromatic heterocycles. The third-order valence-corrected chi connectivity index (χ3v) is 6.46. The zero-order valence-electron chi connectivity index (χ0n) is 15.7. The van der Waals surface area contributed by atoms with Gasteiger partial charge in [0, 0.05) is 10.6 Å². The standard InChI is InChI=1S/C21H12ClFN4O2S2/c22-13-3-1-2-12(10-13)19-25-17(29-26-19)11-31-21-24-16-8-9-30-18(16)20(28)27(21)15-6-4-14(23)5-7-15/h1-10H,11H2. The zero-order chi connectivity index (χ0) is 21.4. The second-order valence-corrected chi connectivity index (χ2v) is 8.75. The van der Waals surface area contributed by atoms with Crippen LogP contribution in [0.1, 0.15) is 5.89 Å². The van der Waals surface area contributed by atoms with Crippen molar-refractivity contribution < 1.29 is 8.91 Å². The molecule has 0 amide bonds. The average Bonchev–Trinajstić information content (AvgIpc) is 3.43. The number of thiophene rings is 1. The molecule has 10 heteroatoms. The van der Waals surface area contributed by atoms with E-state index in [4.69, 9.17) is 16.1 Å². The van der Waals surface area contributed by atoms with E-state index in [2.05, 4.69) is 15.1 Å². The van der Waals surface area contributed by atoms with Gasteiger partial charge >= 0.3 is 0 Å². The van der Waals surface area contributed by atoms with E-state index in [0.29, 0.717) is 43.6 Å². The van der Waals surface area contributed by atoms with Crippen molar-refractivity contribution in [2.45, 2.75) is 10.9 Å². The maximum absolute atomic E-state index is 13.4. The normalized spacial score (nSPS) is 11.3. The highest BCUT2D eigenvalue weighted by Crippen LogP contribution is 2.27. The number of aromatic nitrogens is 4. The molecular weight excluding hydrogens is 459 g/mol. The van der Waals surface area contributed by atoms with Gasteiger partial charge in [-0.15, -0.1) is 11.3 Å². The quantitative estimate of drug-likeness (QED) is 0.246. The number of halogens is 2. The van der Waals surface area contributed by atoms with Crippen LogP contribution in [0.2, 0.25) is 5.02 Å². The van der Waals surface area contributed by atoms with Crippen molar-refractivity contribution in [3.63, 3.8) is 0 Å². The summed E-state index contributed by atoms with van der Waals surface area (Å²) in [6.45, 7) is 0. The van der Waals surface area contributed by atoms with E-state index in [-0.39, 0.29) is 11.4 Å². The first-order chi connectivity index (χ1) is 15.1. The van der Waals surface area contributed by atoms with Crippen LogP contribution in [0.4, 0.5) is 4.39 Å². The maximum Gasteiger partial charge on any atom is 0.276 e. The van der Waals surface area contributed by atoms with Gasteiger partial charge in [0.2, 0.25) is 11.7 Å². The highest BCUT2D eigenvalue weighted by Gasteiger charge is 2.16. The Balaban J connectivity index is 1.49. The van der Waals surface area contributed by atoms with Gasteiger partial charge in [0.1, 0.15) is 10.5 Å². The molecule has 5 rings (SSSR count). The van der Waals surface area contributed by atoms with Gasteiger partial charge in [-0.05, 0) is 47.8 Å². The SMILES string of the molecule is O=c1c2sccc2nc(SCc2nc(-c3cccc(Cl)c3)no2)n1-c1ccc(F)cc1. The van der Waals surface area contributed by atoms with E-state index < -0.39 is 0 Å². The number of hydrogen-bond donors (Lipinski definition) is 0. The second kappa shape index (κ2) is 8.26. The van der Waals surface area contributed by atoms with E-state index >= 15 is 0 Å². The Morgan fingerprint density at radius 2 is 1.97 bits per heavy atom. The molecule has 0 spiro atoms. The van der Waals surface area contributed by atoms with E-state index in [9.17, 15) is 9.18 Å². The fourth-order valence-corrected chi connectivity index (χ4v) is 4.79. The smallest absolute Gasteiger partial charge is 0.276 e. The van der Waals surface area contributed by atoms with Crippen LogP contribution in [0, 0.1) is 5.82 Å². The fraction of sp³-hybridized carbons (Fsp3) is 0.0476. The Morgan fingerprint density at radius 1 is 1.13 bits per heavy atom. The summed E-state index contributed by atoms with van der Waals surface area (Å²) >= 11 is 8.63. The van der Waals surface area contributed by atoms with Crippen molar-refractivity contribution >= 4 is 44.9 Å². The van der Waals surface area contributed by atoms with Gasteiger partial charge < -0.3 is 4.52 Å². The lowest BCUT2D eigenvalue weighted by Crippen LogP contribution is -2.20. The molecule has 0 bridgehead atoms. The van der Waals surface area contributed by atoms with Gasteiger partial charge in [0.15, 0.2) is 5.16 Å². The van der Waals surface area contributed by atoms with E-state index in [1.54, 1.807) is 30.3 Å². The van der Waals surface area contributed by atoms with Gasteiger partial charge in [-0.2, -0.15) is 4.98 Å². The number of rotatable bonds is 5. The predicted octanol–water partition coefficient (Wildman–Crippen LogP) is 5.58. The van der Waals surface area contributed by atoms with Crippen molar-refractivity contribution in [2.24, 2.45) is 0 Å². The van der Waals surface area contributed by atoms with Gasteiger partial charge in [-0.3, -0.25) is 9.36 Å². The Hall–Kier alpha value is -3.01. The molecule has 0 saturated heterocycles. The Morgan fingerprint density at radius 3 is 2.77 bits per heavy atom. The predicted molar refractivity (Wildman–Crippen MR) is 119 cm³/mol. The molecular formula is C21H12ClFN4O2S2. The Kier molecular flexibility index (Phi) is 5.31. The lowest BCUT2D eigenvalue weighted by Gasteiger charge is -2.11. The first-order valence-corrected chi connectivity index (χ1v) is 11.3. The second-order valence-electron chi connectivity index (χ2n) is 6.46. The number of benzene rings is 2. The van der Waals surface area contributed by atoms with E-state index in [0.717, 1.165) is 5.56 Å². The van der Waals surface area contributed by atoms with Gasteiger partial charge in [0.25, 0.3) is 5.56 Å². The summed E-state index contributed by atoms with van der Waals surface area (Å²) in [5.41, 5.74) is 1.68. The highest BCUT2D eigenvalue weighted by atomic mass is 35.5.